The average molecular weight is 193 g/mol. The smallest absolute Gasteiger partial charge is 0.0730 e. The van der Waals surface area contributed by atoms with Gasteiger partial charge in [-0.3, -0.25) is 0 Å². The number of benzene rings is 1. The topological polar surface area (TPSA) is 32.3 Å². The van der Waals surface area contributed by atoms with Gasteiger partial charge in [0, 0.05) is 6.04 Å². The molecule has 14 heavy (non-hydrogen) atoms. The molecule has 0 saturated heterocycles. The highest BCUT2D eigenvalue weighted by Gasteiger charge is 2.12. The number of nitrogens with one attached hydrogen (secondary N) is 1. The molecule has 0 bridgehead atoms. The van der Waals surface area contributed by atoms with Crippen molar-refractivity contribution in [1.82, 2.24) is 5.32 Å². The first-order valence-electron chi connectivity index (χ1n) is 5.19. The van der Waals surface area contributed by atoms with Crippen molar-refractivity contribution in [3.63, 3.8) is 0 Å². The largest absolute Gasteiger partial charge is 0.391 e. The number of likely N-dealkylation sites (N-methyl/N-ethyl adjacent to an activating group) is 1. The van der Waals surface area contributed by atoms with Gasteiger partial charge in [0.05, 0.1) is 6.10 Å². The molecule has 2 heteroatoms. The molecule has 0 aliphatic rings. The third kappa shape index (κ3) is 3.48. The third-order valence-corrected chi connectivity index (χ3v) is 2.39. The lowest BCUT2D eigenvalue weighted by molar-refractivity contribution is 0.135. The van der Waals surface area contributed by atoms with Gasteiger partial charge >= 0.3 is 0 Å². The van der Waals surface area contributed by atoms with Crippen LogP contribution in [0.3, 0.4) is 0 Å². The highest BCUT2D eigenvalue weighted by Crippen LogP contribution is 2.05. The predicted octanol–water partition coefficient (Wildman–Crippen LogP) is 1.59. The summed E-state index contributed by atoms with van der Waals surface area (Å²) in [6.07, 6.45) is 0.409. The van der Waals surface area contributed by atoms with Gasteiger partial charge < -0.3 is 10.4 Å². The van der Waals surface area contributed by atoms with Crippen LogP contribution >= 0.6 is 0 Å². The van der Waals surface area contributed by atoms with Crippen molar-refractivity contribution in [2.75, 3.05) is 6.54 Å². The minimum Gasteiger partial charge on any atom is -0.391 e. The Bertz CT molecular complexity index is 248. The Morgan fingerprint density at radius 3 is 2.50 bits per heavy atom. The molecule has 0 aliphatic carbocycles. The zero-order chi connectivity index (χ0) is 10.4. The van der Waals surface area contributed by atoms with Gasteiger partial charge in [0.2, 0.25) is 0 Å². The normalized spacial score (nSPS) is 15.1. The number of hydrogen-bond acceptors (Lipinski definition) is 2. The van der Waals surface area contributed by atoms with E-state index < -0.39 is 0 Å². The molecular weight excluding hydrogens is 174 g/mol. The van der Waals surface area contributed by atoms with Crippen molar-refractivity contribution in [1.29, 1.82) is 0 Å². The molecule has 1 aromatic rings. The van der Waals surface area contributed by atoms with Crippen molar-refractivity contribution in [3.05, 3.63) is 35.9 Å². The van der Waals surface area contributed by atoms with Crippen molar-refractivity contribution in [2.45, 2.75) is 32.4 Å². The summed E-state index contributed by atoms with van der Waals surface area (Å²) in [5.74, 6) is 0. The van der Waals surface area contributed by atoms with E-state index in [1.54, 1.807) is 0 Å². The Balaban J connectivity index is 2.44. The Kier molecular flexibility index (Phi) is 4.63. The van der Waals surface area contributed by atoms with Crippen LogP contribution in [0.5, 0.6) is 0 Å². The van der Waals surface area contributed by atoms with E-state index in [0.717, 1.165) is 13.0 Å². The fourth-order valence-electron chi connectivity index (χ4n) is 1.49. The summed E-state index contributed by atoms with van der Waals surface area (Å²) >= 11 is 0. The van der Waals surface area contributed by atoms with Gasteiger partial charge in [0.25, 0.3) is 0 Å². The molecule has 2 atom stereocenters. The van der Waals surface area contributed by atoms with Crippen LogP contribution in [0.4, 0.5) is 0 Å². The van der Waals surface area contributed by atoms with Crippen LogP contribution in [-0.4, -0.2) is 23.8 Å². The maximum absolute atomic E-state index is 9.84. The van der Waals surface area contributed by atoms with Gasteiger partial charge in [-0.15, -0.1) is 0 Å². The van der Waals surface area contributed by atoms with Crippen LogP contribution in [-0.2, 0) is 6.42 Å². The maximum Gasteiger partial charge on any atom is 0.0730 e. The summed E-state index contributed by atoms with van der Waals surface area (Å²) in [7, 11) is 0. The summed E-state index contributed by atoms with van der Waals surface area (Å²) in [4.78, 5) is 0. The number of rotatable bonds is 5. The quantitative estimate of drug-likeness (QED) is 0.744. The molecule has 1 unspecified atom stereocenters. The third-order valence-electron chi connectivity index (χ3n) is 2.39. The summed E-state index contributed by atoms with van der Waals surface area (Å²) in [6, 6.07) is 10.2. The molecule has 2 nitrogen and oxygen atoms in total. The molecule has 0 heterocycles. The first-order valence-corrected chi connectivity index (χ1v) is 5.19. The summed E-state index contributed by atoms with van der Waals surface area (Å²) < 4.78 is 0. The second-order valence-electron chi connectivity index (χ2n) is 3.60. The van der Waals surface area contributed by atoms with Crippen LogP contribution in [0.25, 0.3) is 0 Å². The van der Waals surface area contributed by atoms with E-state index in [4.69, 9.17) is 0 Å². The Morgan fingerprint density at radius 2 is 1.93 bits per heavy atom. The van der Waals surface area contributed by atoms with Crippen LogP contribution in [0.2, 0.25) is 0 Å². The lowest BCUT2D eigenvalue weighted by Crippen LogP contribution is -2.38. The minimum atomic E-state index is -0.308. The van der Waals surface area contributed by atoms with Gasteiger partial charge in [0.1, 0.15) is 0 Å². The zero-order valence-corrected chi connectivity index (χ0v) is 8.90. The Hall–Kier alpha value is -0.860. The highest BCUT2D eigenvalue weighted by atomic mass is 16.3. The van der Waals surface area contributed by atoms with E-state index in [1.165, 1.54) is 5.56 Å². The molecular formula is C12H19NO. The maximum atomic E-state index is 9.84. The molecule has 0 saturated carbocycles. The van der Waals surface area contributed by atoms with Crippen molar-refractivity contribution in [2.24, 2.45) is 0 Å². The standard InChI is InChI=1S/C12H19NO/c1-3-13-10(2)12(14)9-11-7-5-4-6-8-11/h4-8,10,12-14H,3,9H2,1-2H3/t10-,12?/m0/s1. The average Bonchev–Trinajstić information content (AvgIpc) is 2.19. The zero-order valence-electron chi connectivity index (χ0n) is 8.90. The second-order valence-corrected chi connectivity index (χ2v) is 3.60. The molecule has 0 radical (unpaired) electrons. The first-order chi connectivity index (χ1) is 6.74. The van der Waals surface area contributed by atoms with Crippen LogP contribution in [0.1, 0.15) is 19.4 Å². The Morgan fingerprint density at radius 1 is 1.29 bits per heavy atom. The van der Waals surface area contributed by atoms with Crippen molar-refractivity contribution in [3.8, 4) is 0 Å². The van der Waals surface area contributed by atoms with Crippen molar-refractivity contribution < 1.29 is 5.11 Å². The van der Waals surface area contributed by atoms with Crippen LogP contribution < -0.4 is 5.32 Å². The molecule has 0 aliphatic heterocycles. The highest BCUT2D eigenvalue weighted by molar-refractivity contribution is 5.15. The lowest BCUT2D eigenvalue weighted by Gasteiger charge is -2.19. The lowest BCUT2D eigenvalue weighted by atomic mass is 10.0. The summed E-state index contributed by atoms with van der Waals surface area (Å²) in [5.41, 5.74) is 1.18. The second kappa shape index (κ2) is 5.78. The number of aliphatic hydroxyl groups is 1. The van der Waals surface area contributed by atoms with E-state index in [-0.39, 0.29) is 12.1 Å². The minimum absolute atomic E-state index is 0.153. The van der Waals surface area contributed by atoms with E-state index in [9.17, 15) is 5.11 Å². The van der Waals surface area contributed by atoms with Gasteiger partial charge in [-0.25, -0.2) is 0 Å². The fraction of sp³-hybridized carbons (Fsp3) is 0.500. The fourth-order valence-corrected chi connectivity index (χ4v) is 1.49. The number of hydrogen-bond donors (Lipinski definition) is 2. The molecule has 0 aromatic heterocycles. The van der Waals surface area contributed by atoms with Crippen molar-refractivity contribution >= 4 is 0 Å². The summed E-state index contributed by atoms with van der Waals surface area (Å²) in [6.45, 7) is 4.95. The first kappa shape index (κ1) is 11.2. The van der Waals surface area contributed by atoms with E-state index in [1.807, 2.05) is 44.2 Å². The molecule has 1 rings (SSSR count). The SMILES string of the molecule is CCN[C@@H](C)C(O)Cc1ccccc1. The molecule has 78 valence electrons. The van der Waals surface area contributed by atoms with Crippen LogP contribution in [0.15, 0.2) is 30.3 Å². The van der Waals surface area contributed by atoms with Gasteiger partial charge in [-0.2, -0.15) is 0 Å². The molecule has 0 fully saturated rings. The molecule has 0 spiro atoms. The monoisotopic (exact) mass is 193 g/mol. The predicted molar refractivity (Wildman–Crippen MR) is 59.3 cm³/mol. The summed E-state index contributed by atoms with van der Waals surface area (Å²) in [5, 5.41) is 13.1. The Labute approximate surface area is 86.0 Å². The molecule has 2 N–H and O–H groups in total. The van der Waals surface area contributed by atoms with Crippen LogP contribution in [0, 0.1) is 0 Å². The molecule has 1 aromatic carbocycles. The number of aliphatic hydroxyl groups excluding tert-OH is 1. The van der Waals surface area contributed by atoms with E-state index in [0.29, 0.717) is 0 Å². The van der Waals surface area contributed by atoms with Gasteiger partial charge in [0.15, 0.2) is 0 Å². The van der Waals surface area contributed by atoms with Gasteiger partial charge in [-0.1, -0.05) is 37.3 Å². The molecule has 0 amide bonds. The van der Waals surface area contributed by atoms with Gasteiger partial charge in [-0.05, 0) is 25.5 Å². The van der Waals surface area contributed by atoms with E-state index >= 15 is 0 Å². The van der Waals surface area contributed by atoms with E-state index in [2.05, 4.69) is 5.32 Å².